The van der Waals surface area contributed by atoms with Crippen LogP contribution in [0.2, 0.25) is 0 Å². The molecule has 0 radical (unpaired) electrons. The smallest absolute Gasteiger partial charge is 0.252 e. The van der Waals surface area contributed by atoms with Crippen molar-refractivity contribution >= 4 is 5.91 Å². The molecular formula is C21H25NO3. The zero-order chi connectivity index (χ0) is 18.2. The van der Waals surface area contributed by atoms with Gasteiger partial charge >= 0.3 is 0 Å². The molecule has 132 valence electrons. The standard InChI is InChI=1S/C21H25NO3/c1-13-6-7-14(2)17(10-13)20(23)22-18-12-21(3,4)25-19-11-15(24-5)8-9-16(18)19/h6-11,18H,12H2,1-5H3,(H,22,23). The van der Waals surface area contributed by atoms with Gasteiger partial charge in [0.2, 0.25) is 0 Å². The number of fused-ring (bicyclic) bond motifs is 1. The molecule has 1 heterocycles. The molecule has 25 heavy (non-hydrogen) atoms. The van der Waals surface area contributed by atoms with Crippen molar-refractivity contribution in [2.45, 2.75) is 45.8 Å². The molecule has 1 N–H and O–H groups in total. The van der Waals surface area contributed by atoms with Crippen molar-refractivity contribution in [2.75, 3.05) is 7.11 Å². The molecule has 1 atom stereocenters. The van der Waals surface area contributed by atoms with Gasteiger partial charge in [-0.15, -0.1) is 0 Å². The Balaban J connectivity index is 1.92. The fraction of sp³-hybridized carbons (Fsp3) is 0.381. The van der Waals surface area contributed by atoms with E-state index in [1.54, 1.807) is 7.11 Å². The van der Waals surface area contributed by atoms with E-state index in [9.17, 15) is 4.79 Å². The van der Waals surface area contributed by atoms with Gasteiger partial charge in [-0.25, -0.2) is 0 Å². The summed E-state index contributed by atoms with van der Waals surface area (Å²) in [5.41, 5.74) is 3.40. The van der Waals surface area contributed by atoms with Crippen molar-refractivity contribution in [3.8, 4) is 11.5 Å². The first-order valence-electron chi connectivity index (χ1n) is 8.54. The Bertz CT molecular complexity index is 811. The summed E-state index contributed by atoms with van der Waals surface area (Å²) in [6, 6.07) is 11.6. The van der Waals surface area contributed by atoms with Crippen LogP contribution in [0.4, 0.5) is 0 Å². The average Bonchev–Trinajstić information content (AvgIpc) is 2.55. The molecule has 0 aromatic heterocycles. The van der Waals surface area contributed by atoms with Crippen molar-refractivity contribution in [1.82, 2.24) is 5.32 Å². The Morgan fingerprint density at radius 2 is 1.96 bits per heavy atom. The highest BCUT2D eigenvalue weighted by Gasteiger charge is 2.35. The molecule has 0 fully saturated rings. The third kappa shape index (κ3) is 3.63. The Kier molecular flexibility index (Phi) is 4.46. The van der Waals surface area contributed by atoms with Crippen LogP contribution in [0.25, 0.3) is 0 Å². The zero-order valence-corrected chi connectivity index (χ0v) is 15.5. The van der Waals surface area contributed by atoms with Crippen LogP contribution < -0.4 is 14.8 Å². The van der Waals surface area contributed by atoms with Crippen molar-refractivity contribution < 1.29 is 14.3 Å². The molecule has 2 aromatic rings. The SMILES string of the molecule is COc1ccc2c(c1)OC(C)(C)CC2NC(=O)c1cc(C)ccc1C. The fourth-order valence-corrected chi connectivity index (χ4v) is 3.30. The molecule has 1 amide bonds. The molecule has 4 heteroatoms. The number of hydrogen-bond donors (Lipinski definition) is 1. The van der Waals surface area contributed by atoms with E-state index < -0.39 is 0 Å². The number of nitrogens with one attached hydrogen (secondary N) is 1. The average molecular weight is 339 g/mol. The third-order valence-corrected chi connectivity index (χ3v) is 4.62. The first kappa shape index (κ1) is 17.3. The second-order valence-electron chi connectivity index (χ2n) is 7.31. The van der Waals surface area contributed by atoms with Gasteiger partial charge in [-0.2, -0.15) is 0 Å². The summed E-state index contributed by atoms with van der Waals surface area (Å²) < 4.78 is 11.4. The first-order chi connectivity index (χ1) is 11.8. The Morgan fingerprint density at radius 3 is 2.68 bits per heavy atom. The van der Waals surface area contributed by atoms with Gasteiger partial charge in [0.25, 0.3) is 5.91 Å². The van der Waals surface area contributed by atoms with Gasteiger partial charge < -0.3 is 14.8 Å². The van der Waals surface area contributed by atoms with Gasteiger partial charge in [0, 0.05) is 23.6 Å². The van der Waals surface area contributed by atoms with E-state index in [2.05, 4.69) is 5.32 Å². The highest BCUT2D eigenvalue weighted by molar-refractivity contribution is 5.96. The molecule has 3 rings (SSSR count). The van der Waals surface area contributed by atoms with Crippen LogP contribution in [0, 0.1) is 13.8 Å². The summed E-state index contributed by atoms with van der Waals surface area (Å²) in [5.74, 6) is 1.46. The number of ether oxygens (including phenoxy) is 2. The third-order valence-electron chi connectivity index (χ3n) is 4.62. The molecule has 1 unspecified atom stereocenters. The predicted molar refractivity (Wildman–Crippen MR) is 98.4 cm³/mol. The highest BCUT2D eigenvalue weighted by Crippen LogP contribution is 2.41. The van der Waals surface area contributed by atoms with E-state index >= 15 is 0 Å². The fourth-order valence-electron chi connectivity index (χ4n) is 3.30. The van der Waals surface area contributed by atoms with E-state index in [0.717, 1.165) is 33.8 Å². The summed E-state index contributed by atoms with van der Waals surface area (Å²) in [5, 5.41) is 3.19. The number of aryl methyl sites for hydroxylation is 2. The molecule has 1 aliphatic heterocycles. The molecule has 0 saturated heterocycles. The van der Waals surface area contributed by atoms with Crippen LogP contribution in [-0.4, -0.2) is 18.6 Å². The van der Waals surface area contributed by atoms with Crippen molar-refractivity contribution in [1.29, 1.82) is 0 Å². The summed E-state index contributed by atoms with van der Waals surface area (Å²) in [7, 11) is 1.63. The number of amides is 1. The molecular weight excluding hydrogens is 314 g/mol. The minimum Gasteiger partial charge on any atom is -0.497 e. The first-order valence-corrected chi connectivity index (χ1v) is 8.54. The molecule has 2 aromatic carbocycles. The van der Waals surface area contributed by atoms with Crippen LogP contribution in [-0.2, 0) is 0 Å². The van der Waals surface area contributed by atoms with E-state index in [0.29, 0.717) is 6.42 Å². The van der Waals surface area contributed by atoms with Crippen LogP contribution in [0.15, 0.2) is 36.4 Å². The van der Waals surface area contributed by atoms with Gasteiger partial charge in [-0.05, 0) is 51.5 Å². The lowest BCUT2D eigenvalue weighted by molar-refractivity contribution is 0.0617. The molecule has 0 spiro atoms. The summed E-state index contributed by atoms with van der Waals surface area (Å²) in [6.45, 7) is 8.02. The van der Waals surface area contributed by atoms with E-state index in [1.807, 2.05) is 64.1 Å². The molecule has 0 aliphatic carbocycles. The van der Waals surface area contributed by atoms with Crippen molar-refractivity contribution in [2.24, 2.45) is 0 Å². The molecule has 0 bridgehead atoms. The van der Waals surface area contributed by atoms with Gasteiger partial charge in [0.05, 0.1) is 13.2 Å². The van der Waals surface area contributed by atoms with Gasteiger partial charge in [-0.3, -0.25) is 4.79 Å². The minimum absolute atomic E-state index is 0.0503. The topological polar surface area (TPSA) is 47.6 Å². The minimum atomic E-state index is -0.362. The predicted octanol–water partition coefficient (Wildman–Crippen LogP) is 4.34. The summed E-state index contributed by atoms with van der Waals surface area (Å²) >= 11 is 0. The summed E-state index contributed by atoms with van der Waals surface area (Å²) in [4.78, 5) is 12.9. The Labute approximate surface area is 149 Å². The van der Waals surface area contributed by atoms with Crippen molar-refractivity contribution in [3.63, 3.8) is 0 Å². The van der Waals surface area contributed by atoms with E-state index in [1.165, 1.54) is 0 Å². The number of methoxy groups -OCH3 is 1. The lowest BCUT2D eigenvalue weighted by Crippen LogP contribution is -2.41. The number of carbonyl (C=O) groups is 1. The van der Waals surface area contributed by atoms with Crippen LogP contribution in [0.3, 0.4) is 0 Å². The number of rotatable bonds is 3. The highest BCUT2D eigenvalue weighted by atomic mass is 16.5. The van der Waals surface area contributed by atoms with Crippen molar-refractivity contribution in [3.05, 3.63) is 58.7 Å². The van der Waals surface area contributed by atoms with Crippen LogP contribution in [0.5, 0.6) is 11.5 Å². The molecule has 1 aliphatic rings. The van der Waals surface area contributed by atoms with Gasteiger partial charge in [-0.1, -0.05) is 17.7 Å². The number of carbonyl (C=O) groups excluding carboxylic acids is 1. The maximum Gasteiger partial charge on any atom is 0.252 e. The van der Waals surface area contributed by atoms with Gasteiger partial charge in [0.1, 0.15) is 17.1 Å². The number of benzene rings is 2. The quantitative estimate of drug-likeness (QED) is 0.904. The molecule has 0 saturated carbocycles. The second kappa shape index (κ2) is 6.43. The zero-order valence-electron chi connectivity index (χ0n) is 15.5. The largest absolute Gasteiger partial charge is 0.497 e. The van der Waals surface area contributed by atoms with E-state index in [-0.39, 0.29) is 17.6 Å². The van der Waals surface area contributed by atoms with Gasteiger partial charge in [0.15, 0.2) is 0 Å². The lowest BCUT2D eigenvalue weighted by atomic mass is 9.89. The Hall–Kier alpha value is -2.49. The van der Waals surface area contributed by atoms with Crippen LogP contribution >= 0.6 is 0 Å². The second-order valence-corrected chi connectivity index (χ2v) is 7.31. The Morgan fingerprint density at radius 1 is 1.20 bits per heavy atom. The summed E-state index contributed by atoms with van der Waals surface area (Å²) in [6.07, 6.45) is 0.711. The maximum atomic E-state index is 12.9. The number of hydrogen-bond acceptors (Lipinski definition) is 3. The molecule has 4 nitrogen and oxygen atoms in total. The maximum absolute atomic E-state index is 12.9. The lowest BCUT2D eigenvalue weighted by Gasteiger charge is -2.38. The normalized spacial score (nSPS) is 18.0. The van der Waals surface area contributed by atoms with E-state index in [4.69, 9.17) is 9.47 Å². The van der Waals surface area contributed by atoms with Crippen LogP contribution in [0.1, 0.15) is 53.4 Å². The monoisotopic (exact) mass is 339 g/mol.